The maximum absolute atomic E-state index is 13.4. The van der Waals surface area contributed by atoms with Gasteiger partial charge in [-0.3, -0.25) is 14.6 Å². The fraction of sp³-hybridized carbons (Fsp3) is 0.538. The number of hydrazone groups is 1. The molecule has 182 valence electrons. The lowest BCUT2D eigenvalue weighted by atomic mass is 9.93. The van der Waals surface area contributed by atoms with Gasteiger partial charge in [0.2, 0.25) is 0 Å². The molecule has 1 atom stereocenters. The topological polar surface area (TPSA) is 61.5 Å². The van der Waals surface area contributed by atoms with Crippen molar-refractivity contribution < 1.29 is 13.9 Å². The lowest BCUT2D eigenvalue weighted by molar-refractivity contribution is -0.135. The molecule has 0 radical (unpaired) electrons. The van der Waals surface area contributed by atoms with Crippen LogP contribution in [-0.2, 0) is 9.53 Å². The molecule has 3 aliphatic rings. The number of nitrogens with zero attached hydrogens (tertiary/aromatic N) is 4. The third-order valence-electron chi connectivity index (χ3n) is 7.24. The van der Waals surface area contributed by atoms with Crippen molar-refractivity contribution in [1.29, 1.82) is 0 Å². The summed E-state index contributed by atoms with van der Waals surface area (Å²) < 4.78 is 11.1. The van der Waals surface area contributed by atoms with Gasteiger partial charge in [0.15, 0.2) is 0 Å². The van der Waals surface area contributed by atoms with Gasteiger partial charge in [-0.25, -0.2) is 5.01 Å². The zero-order valence-electron chi connectivity index (χ0n) is 19.6. The van der Waals surface area contributed by atoms with Gasteiger partial charge in [0.1, 0.15) is 11.8 Å². The summed E-state index contributed by atoms with van der Waals surface area (Å²) in [5.41, 5.74) is 1.87. The molecular weight excluding hydrogens is 452 g/mol. The summed E-state index contributed by atoms with van der Waals surface area (Å²) in [5, 5.41) is 7.06. The number of furan rings is 1. The van der Waals surface area contributed by atoms with E-state index < -0.39 is 0 Å². The quantitative estimate of drug-likeness (QED) is 0.593. The molecule has 4 heterocycles. The van der Waals surface area contributed by atoms with Crippen LogP contribution in [0.15, 0.2) is 52.2 Å². The van der Waals surface area contributed by atoms with Crippen LogP contribution in [0.5, 0.6) is 0 Å². The van der Waals surface area contributed by atoms with Crippen molar-refractivity contribution in [2.75, 3.05) is 52.5 Å². The maximum Gasteiger partial charge on any atom is 0.257 e. The number of piperidine rings is 1. The second-order valence-corrected chi connectivity index (χ2v) is 9.93. The summed E-state index contributed by atoms with van der Waals surface area (Å²) in [6, 6.07) is 11.2. The molecule has 0 aliphatic carbocycles. The van der Waals surface area contributed by atoms with Crippen LogP contribution >= 0.6 is 11.6 Å². The Labute approximate surface area is 206 Å². The van der Waals surface area contributed by atoms with Crippen LogP contribution < -0.4 is 0 Å². The number of carbonyl (C=O) groups excluding carboxylic acids is 1. The Morgan fingerprint density at radius 3 is 2.50 bits per heavy atom. The van der Waals surface area contributed by atoms with E-state index in [2.05, 4.69) is 9.80 Å². The molecule has 3 aliphatic heterocycles. The summed E-state index contributed by atoms with van der Waals surface area (Å²) in [5.74, 6) is 1.53. The molecule has 0 saturated carbocycles. The first-order valence-electron chi connectivity index (χ1n) is 12.4. The second kappa shape index (κ2) is 11.0. The summed E-state index contributed by atoms with van der Waals surface area (Å²) in [7, 11) is 0. The zero-order valence-corrected chi connectivity index (χ0v) is 20.3. The SMILES string of the molecule is O=C(CN1CCC(CCN2CCOCC2)CC1)N1N=C(c2ccc(Cl)cc2)CC1c1ccco1. The molecule has 2 saturated heterocycles. The van der Waals surface area contributed by atoms with E-state index in [1.165, 1.54) is 6.42 Å². The highest BCUT2D eigenvalue weighted by Gasteiger charge is 2.35. The Morgan fingerprint density at radius 1 is 1.03 bits per heavy atom. The largest absolute Gasteiger partial charge is 0.467 e. The molecule has 0 bridgehead atoms. The van der Waals surface area contributed by atoms with Gasteiger partial charge in [-0.05, 0) is 74.6 Å². The van der Waals surface area contributed by atoms with E-state index in [4.69, 9.17) is 25.9 Å². The number of amides is 1. The fourth-order valence-corrected chi connectivity index (χ4v) is 5.27. The molecule has 1 aromatic carbocycles. The number of morpholine rings is 1. The average Bonchev–Trinajstić information content (AvgIpc) is 3.55. The third kappa shape index (κ3) is 5.71. The minimum Gasteiger partial charge on any atom is -0.467 e. The number of likely N-dealkylation sites (tertiary alicyclic amines) is 1. The van der Waals surface area contributed by atoms with Gasteiger partial charge in [-0.2, -0.15) is 5.10 Å². The first-order chi connectivity index (χ1) is 16.7. The first kappa shape index (κ1) is 23.5. The van der Waals surface area contributed by atoms with E-state index in [-0.39, 0.29) is 11.9 Å². The standard InChI is InChI=1S/C26H33ClN4O3/c27-22-5-3-21(4-6-22)23-18-24(25-2-1-15-34-25)31(28-23)26(32)19-30-11-8-20(9-12-30)7-10-29-13-16-33-17-14-29/h1-6,15,20,24H,7-14,16-19H2. The predicted octanol–water partition coefficient (Wildman–Crippen LogP) is 4.05. The van der Waals surface area contributed by atoms with E-state index >= 15 is 0 Å². The molecule has 8 heteroatoms. The van der Waals surface area contributed by atoms with Crippen molar-refractivity contribution in [3.63, 3.8) is 0 Å². The van der Waals surface area contributed by atoms with Gasteiger partial charge in [0.05, 0.1) is 31.7 Å². The van der Waals surface area contributed by atoms with Crippen LogP contribution in [-0.4, -0.2) is 78.9 Å². The van der Waals surface area contributed by atoms with Crippen molar-refractivity contribution in [3.05, 3.63) is 59.0 Å². The van der Waals surface area contributed by atoms with Gasteiger partial charge < -0.3 is 9.15 Å². The van der Waals surface area contributed by atoms with Crippen LogP contribution in [0.2, 0.25) is 5.02 Å². The monoisotopic (exact) mass is 484 g/mol. The molecule has 1 aromatic heterocycles. The molecule has 2 fully saturated rings. The smallest absolute Gasteiger partial charge is 0.257 e. The van der Waals surface area contributed by atoms with E-state index in [1.807, 2.05) is 36.4 Å². The number of carbonyl (C=O) groups is 1. The Bertz CT molecular complexity index is 964. The number of hydrogen-bond donors (Lipinski definition) is 0. The van der Waals surface area contributed by atoms with Crippen molar-refractivity contribution in [2.45, 2.75) is 31.7 Å². The highest BCUT2D eigenvalue weighted by Crippen LogP contribution is 2.33. The van der Waals surface area contributed by atoms with Crippen LogP contribution in [0.1, 0.15) is 43.0 Å². The Hall–Kier alpha value is -2.19. The summed E-state index contributed by atoms with van der Waals surface area (Å²) in [6.45, 7) is 7.31. The molecule has 0 N–H and O–H groups in total. The molecular formula is C26H33ClN4O3. The summed E-state index contributed by atoms with van der Waals surface area (Å²) in [6.07, 6.45) is 5.82. The number of hydrogen-bond acceptors (Lipinski definition) is 6. The number of ether oxygens (including phenoxy) is 1. The average molecular weight is 485 g/mol. The van der Waals surface area contributed by atoms with Crippen LogP contribution in [0.25, 0.3) is 0 Å². The Balaban J connectivity index is 1.17. The van der Waals surface area contributed by atoms with Gasteiger partial charge >= 0.3 is 0 Å². The molecule has 1 amide bonds. The molecule has 1 unspecified atom stereocenters. The van der Waals surface area contributed by atoms with Crippen molar-refractivity contribution in [3.8, 4) is 0 Å². The Morgan fingerprint density at radius 2 is 1.79 bits per heavy atom. The van der Waals surface area contributed by atoms with Gasteiger partial charge in [-0.1, -0.05) is 23.7 Å². The minimum absolute atomic E-state index is 0.0251. The van der Waals surface area contributed by atoms with E-state index in [1.54, 1.807) is 11.3 Å². The van der Waals surface area contributed by atoms with E-state index in [0.29, 0.717) is 18.0 Å². The highest BCUT2D eigenvalue weighted by atomic mass is 35.5. The van der Waals surface area contributed by atoms with Gasteiger partial charge in [0, 0.05) is 24.5 Å². The zero-order chi connectivity index (χ0) is 23.3. The summed E-state index contributed by atoms with van der Waals surface area (Å²) in [4.78, 5) is 18.2. The van der Waals surface area contributed by atoms with Crippen LogP contribution in [0.3, 0.4) is 0 Å². The number of rotatable bonds is 7. The lowest BCUT2D eigenvalue weighted by Gasteiger charge is -2.34. The van der Waals surface area contributed by atoms with E-state index in [0.717, 1.165) is 81.7 Å². The fourth-order valence-electron chi connectivity index (χ4n) is 5.15. The Kier molecular flexibility index (Phi) is 7.64. The van der Waals surface area contributed by atoms with E-state index in [9.17, 15) is 4.79 Å². The number of benzene rings is 1. The second-order valence-electron chi connectivity index (χ2n) is 9.49. The summed E-state index contributed by atoms with van der Waals surface area (Å²) >= 11 is 6.05. The number of halogens is 1. The highest BCUT2D eigenvalue weighted by molar-refractivity contribution is 6.30. The molecule has 7 nitrogen and oxygen atoms in total. The third-order valence-corrected chi connectivity index (χ3v) is 7.49. The van der Waals surface area contributed by atoms with Crippen molar-refractivity contribution in [2.24, 2.45) is 11.0 Å². The van der Waals surface area contributed by atoms with Crippen molar-refractivity contribution in [1.82, 2.24) is 14.8 Å². The molecule has 2 aromatic rings. The minimum atomic E-state index is -0.209. The lowest BCUT2D eigenvalue weighted by Crippen LogP contribution is -2.43. The van der Waals surface area contributed by atoms with Crippen LogP contribution in [0.4, 0.5) is 0 Å². The molecule has 34 heavy (non-hydrogen) atoms. The first-order valence-corrected chi connectivity index (χ1v) is 12.7. The maximum atomic E-state index is 13.4. The molecule has 5 rings (SSSR count). The predicted molar refractivity (Wildman–Crippen MR) is 132 cm³/mol. The van der Waals surface area contributed by atoms with Gasteiger partial charge in [-0.15, -0.1) is 0 Å². The van der Waals surface area contributed by atoms with Crippen molar-refractivity contribution >= 4 is 23.2 Å². The normalized spacial score (nSPS) is 22.8. The molecule has 0 spiro atoms. The van der Waals surface area contributed by atoms with Crippen LogP contribution in [0, 0.1) is 5.92 Å². The van der Waals surface area contributed by atoms with Gasteiger partial charge in [0.25, 0.3) is 5.91 Å².